The van der Waals surface area contributed by atoms with Gasteiger partial charge in [-0.2, -0.15) is 5.10 Å². The third-order valence-electron chi connectivity index (χ3n) is 6.11. The number of H-pyrrole nitrogens is 2. The Morgan fingerprint density at radius 2 is 2.10 bits per heavy atom. The first-order valence-corrected chi connectivity index (χ1v) is 10.5. The van der Waals surface area contributed by atoms with Crippen molar-refractivity contribution in [3.05, 3.63) is 63.2 Å². The molecule has 3 heterocycles. The van der Waals surface area contributed by atoms with Gasteiger partial charge in [0.15, 0.2) is 0 Å². The Morgan fingerprint density at radius 3 is 2.87 bits per heavy atom. The molecule has 2 amide bonds. The largest absolute Gasteiger partial charge is 0.352 e. The predicted molar refractivity (Wildman–Crippen MR) is 118 cm³/mol. The van der Waals surface area contributed by atoms with Crippen LogP contribution in [0.5, 0.6) is 0 Å². The average Bonchev–Trinajstić information content (AvgIpc) is 3.15. The molecule has 4 rings (SSSR count). The zero-order valence-electron chi connectivity index (χ0n) is 17.4. The fourth-order valence-electron chi connectivity index (χ4n) is 3.96. The number of rotatable bonds is 4. The van der Waals surface area contributed by atoms with Crippen molar-refractivity contribution in [3.63, 3.8) is 0 Å². The number of aromatic amines is 2. The molecule has 1 saturated heterocycles. The molecule has 1 atom stereocenters. The van der Waals surface area contributed by atoms with E-state index in [0.29, 0.717) is 30.4 Å². The highest BCUT2D eigenvalue weighted by Gasteiger charge is 2.37. The van der Waals surface area contributed by atoms with E-state index >= 15 is 0 Å². The van der Waals surface area contributed by atoms with Crippen molar-refractivity contribution in [2.24, 2.45) is 11.3 Å². The molecule has 0 aliphatic carbocycles. The van der Waals surface area contributed by atoms with Crippen molar-refractivity contribution in [3.8, 4) is 0 Å². The number of amides is 2. The van der Waals surface area contributed by atoms with Crippen LogP contribution in [0, 0.1) is 11.3 Å². The number of nitrogens with zero attached hydrogens (tertiary/aromatic N) is 2. The summed E-state index contributed by atoms with van der Waals surface area (Å²) in [6, 6.07) is 8.50. The number of carbonyl (C=O) groups is 2. The van der Waals surface area contributed by atoms with Crippen molar-refractivity contribution in [2.75, 3.05) is 19.6 Å². The number of piperidine rings is 1. The average molecular weight is 442 g/mol. The van der Waals surface area contributed by atoms with Crippen LogP contribution < -0.4 is 10.9 Å². The summed E-state index contributed by atoms with van der Waals surface area (Å²) < 4.78 is 0. The van der Waals surface area contributed by atoms with Gasteiger partial charge in [-0.25, -0.2) is 5.10 Å². The quantitative estimate of drug-likeness (QED) is 0.578. The minimum absolute atomic E-state index is 0.0511. The molecule has 0 spiro atoms. The van der Waals surface area contributed by atoms with Gasteiger partial charge in [-0.05, 0) is 42.0 Å². The number of fused-ring (bicyclic) bond motifs is 1. The normalized spacial score (nSPS) is 18.2. The van der Waals surface area contributed by atoms with Crippen molar-refractivity contribution in [1.29, 1.82) is 0 Å². The first-order valence-electron chi connectivity index (χ1n) is 10.1. The van der Waals surface area contributed by atoms with Gasteiger partial charge >= 0.3 is 0 Å². The molecule has 1 unspecified atom stereocenters. The molecule has 9 heteroatoms. The summed E-state index contributed by atoms with van der Waals surface area (Å²) in [4.78, 5) is 41.9. The molecule has 31 heavy (non-hydrogen) atoms. The van der Waals surface area contributed by atoms with Crippen LogP contribution in [0.15, 0.2) is 41.3 Å². The lowest BCUT2D eigenvalue weighted by atomic mass is 9.73. The molecule has 0 radical (unpaired) electrons. The van der Waals surface area contributed by atoms with E-state index < -0.39 is 5.56 Å². The Kier molecular flexibility index (Phi) is 5.58. The highest BCUT2D eigenvalue weighted by atomic mass is 35.5. The maximum Gasteiger partial charge on any atom is 0.270 e. The van der Waals surface area contributed by atoms with Crippen LogP contribution in [0.1, 0.15) is 41.1 Å². The van der Waals surface area contributed by atoms with Crippen LogP contribution in [0.25, 0.3) is 10.9 Å². The van der Waals surface area contributed by atoms with Crippen LogP contribution in [-0.2, 0) is 0 Å². The van der Waals surface area contributed by atoms with E-state index in [9.17, 15) is 14.4 Å². The molecule has 0 saturated carbocycles. The molecule has 3 aromatic rings. The van der Waals surface area contributed by atoms with Gasteiger partial charge in [0, 0.05) is 41.6 Å². The zero-order chi connectivity index (χ0) is 22.2. The molecule has 1 fully saturated rings. The van der Waals surface area contributed by atoms with Crippen LogP contribution in [0.4, 0.5) is 0 Å². The molecular formula is C22H24ClN5O3. The molecule has 0 bridgehead atoms. The first-order chi connectivity index (χ1) is 14.7. The lowest BCUT2D eigenvalue weighted by Gasteiger charge is -2.44. The first kappa shape index (κ1) is 21.1. The third kappa shape index (κ3) is 4.49. The maximum atomic E-state index is 13.1. The van der Waals surface area contributed by atoms with E-state index in [2.05, 4.69) is 34.3 Å². The molecule has 1 aliphatic rings. The highest BCUT2D eigenvalue weighted by Crippen LogP contribution is 2.36. The topological polar surface area (TPSA) is 111 Å². The Morgan fingerprint density at radius 1 is 1.29 bits per heavy atom. The second-order valence-electron chi connectivity index (χ2n) is 8.65. The summed E-state index contributed by atoms with van der Waals surface area (Å²) in [6.07, 6.45) is 2.14. The van der Waals surface area contributed by atoms with Gasteiger partial charge in [-0.15, -0.1) is 0 Å². The summed E-state index contributed by atoms with van der Waals surface area (Å²) in [5, 5.41) is 10.3. The van der Waals surface area contributed by atoms with Crippen molar-refractivity contribution < 1.29 is 9.59 Å². The zero-order valence-corrected chi connectivity index (χ0v) is 18.1. The number of likely N-dealkylation sites (tertiary alicyclic amines) is 1. The Hall–Kier alpha value is -3.13. The minimum atomic E-state index is -0.429. The number of hydrogen-bond donors (Lipinski definition) is 3. The van der Waals surface area contributed by atoms with E-state index in [1.54, 1.807) is 6.07 Å². The molecule has 3 N–H and O–H groups in total. The SMILES string of the molecule is CC1(C)CCN(C(=O)c2cc3cc(Cl)ccc3[nH]2)CC1CNC(=O)c1cn[nH]c(=O)c1. The summed E-state index contributed by atoms with van der Waals surface area (Å²) in [7, 11) is 0. The number of hydrogen-bond acceptors (Lipinski definition) is 4. The molecule has 1 aliphatic heterocycles. The van der Waals surface area contributed by atoms with Gasteiger partial charge in [-0.3, -0.25) is 14.4 Å². The van der Waals surface area contributed by atoms with Crippen molar-refractivity contribution >= 4 is 34.3 Å². The van der Waals surface area contributed by atoms with Crippen LogP contribution >= 0.6 is 11.6 Å². The second kappa shape index (κ2) is 8.19. The fourth-order valence-corrected chi connectivity index (χ4v) is 4.14. The lowest BCUT2D eigenvalue weighted by Crippen LogP contribution is -2.51. The van der Waals surface area contributed by atoms with Gasteiger partial charge in [-0.1, -0.05) is 25.4 Å². The van der Waals surface area contributed by atoms with Gasteiger partial charge in [0.2, 0.25) is 0 Å². The monoisotopic (exact) mass is 441 g/mol. The van der Waals surface area contributed by atoms with Crippen molar-refractivity contribution in [2.45, 2.75) is 20.3 Å². The smallest absolute Gasteiger partial charge is 0.270 e. The van der Waals surface area contributed by atoms with Gasteiger partial charge in [0.25, 0.3) is 17.4 Å². The summed E-state index contributed by atoms with van der Waals surface area (Å²) in [5.41, 5.74) is 1.11. The van der Waals surface area contributed by atoms with Crippen molar-refractivity contribution in [1.82, 2.24) is 25.4 Å². The summed E-state index contributed by atoms with van der Waals surface area (Å²) >= 11 is 6.05. The van der Waals surface area contributed by atoms with Crippen LogP contribution in [-0.4, -0.2) is 51.5 Å². The number of nitrogens with one attached hydrogen (secondary N) is 3. The summed E-state index contributed by atoms with van der Waals surface area (Å²) in [5.74, 6) is -0.369. The number of aromatic nitrogens is 3. The number of benzene rings is 1. The second-order valence-corrected chi connectivity index (χ2v) is 9.08. The van der Waals surface area contributed by atoms with Crippen LogP contribution in [0.3, 0.4) is 0 Å². The molecular weight excluding hydrogens is 418 g/mol. The minimum Gasteiger partial charge on any atom is -0.352 e. The maximum absolute atomic E-state index is 13.1. The molecule has 162 valence electrons. The predicted octanol–water partition coefficient (Wildman–Crippen LogP) is 2.82. The molecule has 2 aromatic heterocycles. The number of halogens is 1. The van der Waals surface area contributed by atoms with E-state index in [-0.39, 0.29) is 28.7 Å². The molecule has 1 aromatic carbocycles. The van der Waals surface area contributed by atoms with E-state index in [0.717, 1.165) is 17.3 Å². The van der Waals surface area contributed by atoms with Crippen LogP contribution in [0.2, 0.25) is 5.02 Å². The highest BCUT2D eigenvalue weighted by molar-refractivity contribution is 6.31. The molecule has 8 nitrogen and oxygen atoms in total. The summed E-state index contributed by atoms with van der Waals surface area (Å²) in [6.45, 7) is 5.85. The van der Waals surface area contributed by atoms with Gasteiger partial charge in [0.1, 0.15) is 5.69 Å². The van der Waals surface area contributed by atoms with Gasteiger partial charge in [0.05, 0.1) is 11.8 Å². The van der Waals surface area contributed by atoms with Gasteiger partial charge < -0.3 is 15.2 Å². The number of carbonyl (C=O) groups excluding carboxylic acids is 2. The third-order valence-corrected chi connectivity index (χ3v) is 6.34. The lowest BCUT2D eigenvalue weighted by molar-refractivity contribution is 0.0411. The van der Waals surface area contributed by atoms with E-state index in [4.69, 9.17) is 11.6 Å². The Bertz CT molecular complexity index is 1200. The Balaban J connectivity index is 1.46. The Labute approximate surface area is 184 Å². The van der Waals surface area contributed by atoms with E-state index in [1.807, 2.05) is 23.1 Å². The fraction of sp³-hybridized carbons (Fsp3) is 0.364. The standard InChI is InChI=1S/C22H24ClN5O3/c1-22(2)5-6-28(21(31)18-8-13-7-16(23)3-4-17(13)26-18)12-15(22)11-24-20(30)14-9-19(29)27-25-10-14/h3-4,7-10,15,26H,5-6,11-12H2,1-2H3,(H,24,30)(H,27,29). The van der Waals surface area contributed by atoms with E-state index in [1.165, 1.54) is 12.3 Å².